The van der Waals surface area contributed by atoms with E-state index in [4.69, 9.17) is 0 Å². The number of nitriles is 1. The summed E-state index contributed by atoms with van der Waals surface area (Å²) in [5, 5.41) is 11.5. The SMILES string of the molecule is Cc1c(/C=C(\C#N)Sc2nc3ccccc3[nH]2)c2ccccc2n1C. The maximum Gasteiger partial charge on any atom is 0.171 e. The van der Waals surface area contributed by atoms with Gasteiger partial charge < -0.3 is 9.55 Å². The Kier molecular flexibility index (Phi) is 3.83. The molecule has 0 saturated heterocycles. The summed E-state index contributed by atoms with van der Waals surface area (Å²) < 4.78 is 2.15. The summed E-state index contributed by atoms with van der Waals surface area (Å²) in [4.78, 5) is 8.41. The highest BCUT2D eigenvalue weighted by molar-refractivity contribution is 8.03. The molecule has 5 heteroatoms. The predicted molar refractivity (Wildman–Crippen MR) is 103 cm³/mol. The summed E-state index contributed by atoms with van der Waals surface area (Å²) in [6.07, 6.45) is 1.95. The van der Waals surface area contributed by atoms with Crippen molar-refractivity contribution < 1.29 is 0 Å². The molecule has 0 unspecified atom stereocenters. The van der Waals surface area contributed by atoms with Gasteiger partial charge in [-0.3, -0.25) is 0 Å². The van der Waals surface area contributed by atoms with Crippen molar-refractivity contribution >= 4 is 39.8 Å². The Labute approximate surface area is 149 Å². The van der Waals surface area contributed by atoms with Crippen LogP contribution in [0.25, 0.3) is 28.0 Å². The van der Waals surface area contributed by atoms with E-state index in [0.29, 0.717) is 4.91 Å². The number of allylic oxidation sites excluding steroid dienone is 1. The lowest BCUT2D eigenvalue weighted by atomic mass is 10.1. The van der Waals surface area contributed by atoms with Gasteiger partial charge in [-0.15, -0.1) is 0 Å². The van der Waals surface area contributed by atoms with Gasteiger partial charge in [-0.05, 0) is 43.0 Å². The maximum absolute atomic E-state index is 9.61. The summed E-state index contributed by atoms with van der Waals surface area (Å²) >= 11 is 1.36. The van der Waals surface area contributed by atoms with Crippen LogP contribution >= 0.6 is 11.8 Å². The number of benzene rings is 2. The highest BCUT2D eigenvalue weighted by Gasteiger charge is 2.12. The van der Waals surface area contributed by atoms with E-state index in [1.54, 1.807) is 0 Å². The van der Waals surface area contributed by atoms with E-state index in [1.165, 1.54) is 11.8 Å². The number of aromatic amines is 1. The first-order valence-corrected chi connectivity index (χ1v) is 8.77. The number of fused-ring (bicyclic) bond motifs is 2. The van der Waals surface area contributed by atoms with Crippen LogP contribution in [0.4, 0.5) is 0 Å². The number of aryl methyl sites for hydroxylation is 1. The number of imidazole rings is 1. The van der Waals surface area contributed by atoms with Gasteiger partial charge in [-0.1, -0.05) is 30.3 Å². The average molecular weight is 344 g/mol. The first kappa shape index (κ1) is 15.6. The van der Waals surface area contributed by atoms with Gasteiger partial charge in [0.25, 0.3) is 0 Å². The first-order valence-electron chi connectivity index (χ1n) is 7.96. The van der Waals surface area contributed by atoms with Crippen molar-refractivity contribution in [1.82, 2.24) is 14.5 Å². The number of hydrogen-bond donors (Lipinski definition) is 1. The molecular formula is C20H16N4S. The third kappa shape index (κ3) is 2.71. The number of H-pyrrole nitrogens is 1. The number of para-hydroxylation sites is 3. The number of aromatic nitrogens is 3. The van der Waals surface area contributed by atoms with E-state index in [1.807, 2.05) is 49.5 Å². The van der Waals surface area contributed by atoms with Crippen molar-refractivity contribution in [2.75, 3.05) is 0 Å². The highest BCUT2D eigenvalue weighted by Crippen LogP contribution is 2.31. The van der Waals surface area contributed by atoms with E-state index in [9.17, 15) is 5.26 Å². The zero-order chi connectivity index (χ0) is 17.4. The van der Waals surface area contributed by atoms with Crippen LogP contribution in [0.1, 0.15) is 11.3 Å². The molecule has 4 aromatic rings. The van der Waals surface area contributed by atoms with Crippen molar-refractivity contribution in [2.45, 2.75) is 12.1 Å². The number of hydrogen-bond acceptors (Lipinski definition) is 3. The molecule has 0 spiro atoms. The second-order valence-electron chi connectivity index (χ2n) is 5.86. The van der Waals surface area contributed by atoms with Crippen molar-refractivity contribution in [2.24, 2.45) is 7.05 Å². The summed E-state index contributed by atoms with van der Waals surface area (Å²) in [5.41, 5.74) is 5.27. The van der Waals surface area contributed by atoms with Gasteiger partial charge in [0.15, 0.2) is 5.16 Å². The molecule has 4 nitrogen and oxygen atoms in total. The fourth-order valence-corrected chi connectivity index (χ4v) is 3.77. The van der Waals surface area contributed by atoms with E-state index < -0.39 is 0 Å². The molecule has 0 fully saturated rings. The van der Waals surface area contributed by atoms with E-state index >= 15 is 0 Å². The average Bonchev–Trinajstić information content (AvgIpc) is 3.15. The van der Waals surface area contributed by atoms with Crippen molar-refractivity contribution in [3.63, 3.8) is 0 Å². The second kappa shape index (κ2) is 6.15. The molecule has 0 radical (unpaired) electrons. The van der Waals surface area contributed by atoms with Gasteiger partial charge in [-0.25, -0.2) is 4.98 Å². The smallest absolute Gasteiger partial charge is 0.171 e. The van der Waals surface area contributed by atoms with Crippen LogP contribution < -0.4 is 0 Å². The van der Waals surface area contributed by atoms with Crippen LogP contribution in [0.5, 0.6) is 0 Å². The molecular weight excluding hydrogens is 328 g/mol. The number of nitrogens with one attached hydrogen (secondary N) is 1. The Morgan fingerprint density at radius 3 is 2.76 bits per heavy atom. The lowest BCUT2D eigenvalue weighted by Crippen LogP contribution is -1.90. The molecule has 2 aromatic heterocycles. The Bertz CT molecular complexity index is 1120. The van der Waals surface area contributed by atoms with Gasteiger partial charge in [-0.2, -0.15) is 5.26 Å². The van der Waals surface area contributed by atoms with E-state index in [0.717, 1.165) is 38.4 Å². The molecule has 0 aliphatic heterocycles. The van der Waals surface area contributed by atoms with Crippen molar-refractivity contribution in [1.29, 1.82) is 5.26 Å². The van der Waals surface area contributed by atoms with Gasteiger partial charge in [0.2, 0.25) is 0 Å². The van der Waals surface area contributed by atoms with Gasteiger partial charge in [0, 0.05) is 29.2 Å². The fourth-order valence-electron chi connectivity index (χ4n) is 3.03. The molecule has 0 amide bonds. The minimum atomic E-state index is 0.610. The lowest BCUT2D eigenvalue weighted by Gasteiger charge is -1.99. The van der Waals surface area contributed by atoms with E-state index in [-0.39, 0.29) is 0 Å². The zero-order valence-electron chi connectivity index (χ0n) is 13.9. The summed E-state index contributed by atoms with van der Waals surface area (Å²) in [6, 6.07) is 18.4. The van der Waals surface area contributed by atoms with Crippen LogP contribution in [0.3, 0.4) is 0 Å². The maximum atomic E-state index is 9.61. The molecule has 25 heavy (non-hydrogen) atoms. The second-order valence-corrected chi connectivity index (χ2v) is 6.89. The molecule has 0 saturated carbocycles. The van der Waals surface area contributed by atoms with Gasteiger partial charge in [0.1, 0.15) is 6.07 Å². The Balaban J connectivity index is 1.76. The van der Waals surface area contributed by atoms with E-state index in [2.05, 4.69) is 39.7 Å². The van der Waals surface area contributed by atoms with Crippen LogP contribution in [0.15, 0.2) is 58.6 Å². The molecule has 2 heterocycles. The molecule has 0 aliphatic rings. The number of rotatable bonds is 3. The topological polar surface area (TPSA) is 57.4 Å². The number of nitrogens with zero attached hydrogens (tertiary/aromatic N) is 3. The Morgan fingerprint density at radius 2 is 1.96 bits per heavy atom. The monoisotopic (exact) mass is 344 g/mol. The van der Waals surface area contributed by atoms with Crippen LogP contribution in [0, 0.1) is 18.3 Å². The molecule has 0 aliphatic carbocycles. The Morgan fingerprint density at radius 1 is 1.20 bits per heavy atom. The third-order valence-electron chi connectivity index (χ3n) is 4.41. The largest absolute Gasteiger partial charge is 0.347 e. The summed E-state index contributed by atoms with van der Waals surface area (Å²) in [5.74, 6) is 0. The van der Waals surface area contributed by atoms with Crippen molar-refractivity contribution in [3.8, 4) is 6.07 Å². The normalized spacial score (nSPS) is 12.0. The highest BCUT2D eigenvalue weighted by atomic mass is 32.2. The number of thioether (sulfide) groups is 1. The Hall–Kier alpha value is -2.97. The van der Waals surface area contributed by atoms with Crippen LogP contribution in [-0.2, 0) is 7.05 Å². The minimum absolute atomic E-state index is 0.610. The molecule has 1 N–H and O–H groups in total. The van der Waals surface area contributed by atoms with Crippen LogP contribution in [-0.4, -0.2) is 14.5 Å². The molecule has 0 atom stereocenters. The lowest BCUT2D eigenvalue weighted by molar-refractivity contribution is 0.916. The summed E-state index contributed by atoms with van der Waals surface area (Å²) in [7, 11) is 2.05. The summed E-state index contributed by atoms with van der Waals surface area (Å²) in [6.45, 7) is 2.08. The van der Waals surface area contributed by atoms with Crippen molar-refractivity contribution in [3.05, 3.63) is 64.7 Å². The third-order valence-corrected chi connectivity index (χ3v) is 5.22. The van der Waals surface area contributed by atoms with Crippen LogP contribution in [0.2, 0.25) is 0 Å². The minimum Gasteiger partial charge on any atom is -0.347 e. The zero-order valence-corrected chi connectivity index (χ0v) is 14.8. The molecule has 122 valence electrons. The fraction of sp³-hybridized carbons (Fsp3) is 0.100. The standard InChI is InChI=1S/C20H16N4S/c1-13-16(15-7-3-6-10-19(15)24(13)2)11-14(12-21)25-20-22-17-8-4-5-9-18(17)23-20/h3-11H,1-2H3,(H,22,23)/b14-11+. The quantitative estimate of drug-likeness (QED) is 0.419. The predicted octanol–water partition coefficient (Wildman–Crippen LogP) is 5.02. The molecule has 0 bridgehead atoms. The van der Waals surface area contributed by atoms with Gasteiger partial charge >= 0.3 is 0 Å². The molecule has 4 rings (SSSR count). The molecule has 2 aromatic carbocycles. The first-order chi connectivity index (χ1) is 12.2. The van der Waals surface area contributed by atoms with Gasteiger partial charge in [0.05, 0.1) is 15.9 Å².